The summed E-state index contributed by atoms with van der Waals surface area (Å²) in [6.45, 7) is 7.29. The Bertz CT molecular complexity index is 1140. The lowest BCUT2D eigenvalue weighted by atomic mass is 10.0. The molecule has 29 heavy (non-hydrogen) atoms. The maximum Gasteiger partial charge on any atom is 0.131 e. The van der Waals surface area contributed by atoms with Gasteiger partial charge in [-0.3, -0.25) is 0 Å². The lowest BCUT2D eigenvalue weighted by Gasteiger charge is -2.35. The molecule has 1 atom stereocenters. The van der Waals surface area contributed by atoms with Crippen LogP contribution in [-0.2, 0) is 0 Å². The van der Waals surface area contributed by atoms with E-state index in [0.29, 0.717) is 11.6 Å². The molecule has 0 saturated carbocycles. The van der Waals surface area contributed by atoms with Crippen LogP contribution in [0.4, 0.5) is 0 Å². The summed E-state index contributed by atoms with van der Waals surface area (Å²) in [5, 5.41) is 2.67. The molecule has 0 bridgehead atoms. The van der Waals surface area contributed by atoms with E-state index >= 15 is 0 Å². The molecule has 0 saturated heterocycles. The van der Waals surface area contributed by atoms with E-state index in [9.17, 15) is 0 Å². The third kappa shape index (κ3) is 3.04. The predicted octanol–water partition coefficient (Wildman–Crippen LogP) is 7.05. The van der Waals surface area contributed by atoms with Gasteiger partial charge in [0.15, 0.2) is 0 Å². The molecule has 4 aromatic carbocycles. The first-order valence-electron chi connectivity index (χ1n) is 10.5. The second kappa shape index (κ2) is 6.98. The van der Waals surface area contributed by atoms with Crippen LogP contribution in [0.15, 0.2) is 91.0 Å². The molecule has 144 valence electrons. The second-order valence-electron chi connectivity index (χ2n) is 8.76. The van der Waals surface area contributed by atoms with Gasteiger partial charge in [0.25, 0.3) is 0 Å². The van der Waals surface area contributed by atoms with E-state index in [-0.39, 0.29) is 0 Å². The Morgan fingerprint density at radius 3 is 1.93 bits per heavy atom. The number of nitrogens with one attached hydrogen (secondary N) is 1. The van der Waals surface area contributed by atoms with Gasteiger partial charge in [-0.1, -0.05) is 104 Å². The van der Waals surface area contributed by atoms with Gasteiger partial charge >= 0.3 is 0 Å². The number of hydrogen-bond donors (Lipinski definition) is 1. The van der Waals surface area contributed by atoms with Crippen molar-refractivity contribution in [2.45, 2.75) is 31.6 Å². The molecule has 0 radical (unpaired) electrons. The zero-order chi connectivity index (χ0) is 20.0. The zero-order valence-corrected chi connectivity index (χ0v) is 18.3. The zero-order valence-electron chi connectivity index (χ0n) is 17.3. The number of fused-ring (bicyclic) bond motifs is 4. The Balaban J connectivity index is 1.55. The van der Waals surface area contributed by atoms with Gasteiger partial charge in [0.2, 0.25) is 0 Å². The number of rotatable bonds is 4. The van der Waals surface area contributed by atoms with E-state index in [0.717, 1.165) is 0 Å². The van der Waals surface area contributed by atoms with Gasteiger partial charge in [0.1, 0.15) is 8.24 Å². The van der Waals surface area contributed by atoms with Gasteiger partial charge in [0.05, 0.1) is 0 Å². The van der Waals surface area contributed by atoms with E-state index in [1.807, 2.05) is 0 Å². The topological polar surface area (TPSA) is 12.0 Å². The van der Waals surface area contributed by atoms with Crippen LogP contribution in [-0.4, -0.2) is 8.24 Å². The minimum atomic E-state index is -1.86. The largest absolute Gasteiger partial charge is 0.330 e. The summed E-state index contributed by atoms with van der Waals surface area (Å²) in [5.41, 5.74) is 7.66. The first kappa shape index (κ1) is 18.4. The smallest absolute Gasteiger partial charge is 0.131 e. The van der Waals surface area contributed by atoms with E-state index < -0.39 is 8.24 Å². The minimum Gasteiger partial charge on any atom is -0.330 e. The Morgan fingerprint density at radius 1 is 0.690 bits per heavy atom. The SMILES string of the molecule is C[C@@H](N[Si](C)(C)C1c2ccccc2-c2ccccc21)c1cccc2ccccc12. The highest BCUT2D eigenvalue weighted by Crippen LogP contribution is 2.48. The summed E-state index contributed by atoms with van der Waals surface area (Å²) in [5.74, 6) is 0. The molecule has 0 unspecified atom stereocenters. The van der Waals surface area contributed by atoms with Gasteiger partial charge in [-0.25, -0.2) is 0 Å². The molecule has 1 N–H and O–H groups in total. The molecule has 0 aliphatic heterocycles. The Labute approximate surface area is 174 Å². The van der Waals surface area contributed by atoms with Crippen LogP contribution < -0.4 is 4.98 Å². The van der Waals surface area contributed by atoms with Crippen molar-refractivity contribution in [1.82, 2.24) is 4.98 Å². The van der Waals surface area contributed by atoms with Crippen molar-refractivity contribution in [3.8, 4) is 11.1 Å². The average Bonchev–Trinajstić information content (AvgIpc) is 3.08. The van der Waals surface area contributed by atoms with Crippen LogP contribution in [0.1, 0.15) is 35.2 Å². The van der Waals surface area contributed by atoms with Gasteiger partial charge in [-0.05, 0) is 45.5 Å². The maximum absolute atomic E-state index is 4.13. The lowest BCUT2D eigenvalue weighted by molar-refractivity contribution is 0.711. The standard InChI is InChI=1S/C27H27NSi/c1-19(21-18-10-12-20-11-4-5-13-22(20)21)28-29(2,3)27-25-16-8-6-14-23(25)24-15-7-9-17-26(24)27/h4-19,27-28H,1-3H3/t19-/m1/s1. The van der Waals surface area contributed by atoms with Crippen molar-refractivity contribution in [3.05, 3.63) is 108 Å². The minimum absolute atomic E-state index is 0.308. The third-order valence-electron chi connectivity index (χ3n) is 6.43. The first-order chi connectivity index (χ1) is 14.1. The summed E-state index contributed by atoms with van der Waals surface area (Å²) in [7, 11) is -1.86. The summed E-state index contributed by atoms with van der Waals surface area (Å²) in [4.78, 5) is 4.13. The van der Waals surface area contributed by atoms with Crippen LogP contribution in [0.3, 0.4) is 0 Å². The maximum atomic E-state index is 4.13. The van der Waals surface area contributed by atoms with Crippen molar-refractivity contribution in [3.63, 3.8) is 0 Å². The molecule has 2 heteroatoms. The van der Waals surface area contributed by atoms with Gasteiger partial charge in [-0.2, -0.15) is 0 Å². The number of hydrogen-bond acceptors (Lipinski definition) is 1. The molecule has 0 fully saturated rings. The first-order valence-corrected chi connectivity index (χ1v) is 13.6. The Kier molecular flexibility index (Phi) is 4.42. The van der Waals surface area contributed by atoms with Crippen LogP contribution in [0, 0.1) is 0 Å². The molecule has 0 spiro atoms. The molecule has 1 aliphatic rings. The summed E-state index contributed by atoms with van der Waals surface area (Å²) in [6, 6.07) is 33.6. The van der Waals surface area contributed by atoms with E-state index in [1.54, 1.807) is 0 Å². The normalized spacial score (nSPS) is 14.6. The van der Waals surface area contributed by atoms with Crippen molar-refractivity contribution in [2.75, 3.05) is 0 Å². The second-order valence-corrected chi connectivity index (χ2v) is 13.1. The fourth-order valence-corrected chi connectivity index (χ4v) is 8.78. The van der Waals surface area contributed by atoms with Crippen LogP contribution >= 0.6 is 0 Å². The molecular weight excluding hydrogens is 366 g/mol. The predicted molar refractivity (Wildman–Crippen MR) is 127 cm³/mol. The summed E-state index contributed by atoms with van der Waals surface area (Å²) < 4.78 is 0. The van der Waals surface area contributed by atoms with E-state index in [4.69, 9.17) is 0 Å². The van der Waals surface area contributed by atoms with Crippen molar-refractivity contribution in [1.29, 1.82) is 0 Å². The highest BCUT2D eigenvalue weighted by Gasteiger charge is 2.41. The highest BCUT2D eigenvalue weighted by molar-refractivity contribution is 6.77. The van der Waals surface area contributed by atoms with Gasteiger partial charge in [0, 0.05) is 11.6 Å². The van der Waals surface area contributed by atoms with Crippen molar-refractivity contribution in [2.24, 2.45) is 0 Å². The van der Waals surface area contributed by atoms with Crippen molar-refractivity contribution < 1.29 is 0 Å². The fraction of sp³-hybridized carbons (Fsp3) is 0.185. The molecule has 0 aromatic heterocycles. The lowest BCUT2D eigenvalue weighted by Crippen LogP contribution is -2.51. The molecule has 5 rings (SSSR count). The Hall–Kier alpha value is -2.68. The quantitative estimate of drug-likeness (QED) is 0.366. The van der Waals surface area contributed by atoms with Crippen LogP contribution in [0.5, 0.6) is 0 Å². The third-order valence-corrected chi connectivity index (χ3v) is 9.68. The molecule has 1 aliphatic carbocycles. The average molecular weight is 394 g/mol. The highest BCUT2D eigenvalue weighted by atomic mass is 28.3. The number of benzene rings is 4. The fourth-order valence-electron chi connectivity index (χ4n) is 5.28. The molecule has 0 amide bonds. The molecule has 1 nitrogen and oxygen atoms in total. The van der Waals surface area contributed by atoms with Gasteiger partial charge < -0.3 is 4.98 Å². The van der Waals surface area contributed by atoms with E-state index in [2.05, 4.69) is 116 Å². The summed E-state index contributed by atoms with van der Waals surface area (Å²) >= 11 is 0. The molecular formula is C27H27NSi. The van der Waals surface area contributed by atoms with Crippen molar-refractivity contribution >= 4 is 19.0 Å². The molecule has 0 heterocycles. The summed E-state index contributed by atoms with van der Waals surface area (Å²) in [6.07, 6.45) is 0. The van der Waals surface area contributed by atoms with Gasteiger partial charge in [-0.15, -0.1) is 0 Å². The van der Waals surface area contributed by atoms with Crippen LogP contribution in [0.25, 0.3) is 21.9 Å². The van der Waals surface area contributed by atoms with E-state index in [1.165, 1.54) is 38.6 Å². The molecule has 4 aromatic rings. The monoisotopic (exact) mass is 393 g/mol. The Morgan fingerprint density at radius 2 is 1.24 bits per heavy atom. The van der Waals surface area contributed by atoms with Crippen LogP contribution in [0.2, 0.25) is 13.1 Å².